The molecule has 76 valence electrons. The van der Waals surface area contributed by atoms with Gasteiger partial charge in [-0.25, -0.2) is 8.42 Å². The van der Waals surface area contributed by atoms with Gasteiger partial charge in [0, 0.05) is 0 Å². The highest BCUT2D eigenvalue weighted by molar-refractivity contribution is 7.96. The summed E-state index contributed by atoms with van der Waals surface area (Å²) in [6, 6.07) is 7.67. The van der Waals surface area contributed by atoms with Crippen molar-refractivity contribution >= 4 is 27.9 Å². The number of benzene rings is 1. The van der Waals surface area contributed by atoms with E-state index in [0.29, 0.717) is 0 Å². The van der Waals surface area contributed by atoms with E-state index in [9.17, 15) is 13.2 Å². The highest BCUT2D eigenvalue weighted by Crippen LogP contribution is 2.05. The predicted octanol–water partition coefficient (Wildman–Crippen LogP) is 0.519. The lowest BCUT2D eigenvalue weighted by Gasteiger charge is -2.05. The first-order chi connectivity index (χ1) is 6.52. The van der Waals surface area contributed by atoms with E-state index in [1.165, 1.54) is 12.1 Å². The number of amides is 1. The van der Waals surface area contributed by atoms with Crippen LogP contribution in [0.1, 0.15) is 0 Å². The molecule has 14 heavy (non-hydrogen) atoms. The Hall–Kier alpha value is -1.05. The normalized spacial score (nSPS) is 10.9. The molecule has 5 nitrogen and oxygen atoms in total. The van der Waals surface area contributed by atoms with E-state index in [2.05, 4.69) is 12.6 Å². The van der Waals surface area contributed by atoms with Crippen molar-refractivity contribution in [1.82, 2.24) is 10.3 Å². The molecule has 0 spiro atoms. The molecule has 0 saturated carbocycles. The zero-order valence-corrected chi connectivity index (χ0v) is 8.68. The van der Waals surface area contributed by atoms with E-state index in [4.69, 9.17) is 0 Å². The lowest BCUT2D eigenvalue weighted by Crippen LogP contribution is -2.38. The SMILES string of the molecule is O=C(S)NNS(=O)(=O)c1ccccc1. The van der Waals surface area contributed by atoms with Gasteiger partial charge in [-0.05, 0) is 12.1 Å². The molecular weight excluding hydrogens is 224 g/mol. The summed E-state index contributed by atoms with van der Waals surface area (Å²) in [5, 5.41) is -0.774. The minimum atomic E-state index is -3.69. The summed E-state index contributed by atoms with van der Waals surface area (Å²) in [4.78, 5) is 12.3. The van der Waals surface area contributed by atoms with E-state index in [0.717, 1.165) is 0 Å². The number of carbonyl (C=O) groups is 1. The lowest BCUT2D eigenvalue weighted by molar-refractivity contribution is 0.259. The van der Waals surface area contributed by atoms with Gasteiger partial charge >= 0.3 is 0 Å². The van der Waals surface area contributed by atoms with Gasteiger partial charge in [0.1, 0.15) is 0 Å². The Morgan fingerprint density at radius 3 is 2.29 bits per heavy atom. The average Bonchev–Trinajstić information content (AvgIpc) is 2.16. The molecule has 0 fully saturated rings. The van der Waals surface area contributed by atoms with Gasteiger partial charge in [-0.15, -0.1) is 4.83 Å². The lowest BCUT2D eigenvalue weighted by atomic mass is 10.4. The van der Waals surface area contributed by atoms with Crippen LogP contribution in [0.5, 0.6) is 0 Å². The van der Waals surface area contributed by atoms with Gasteiger partial charge in [0.05, 0.1) is 4.90 Å². The topological polar surface area (TPSA) is 75.3 Å². The number of hydrazine groups is 1. The molecule has 0 atom stereocenters. The average molecular weight is 232 g/mol. The standard InChI is InChI=1S/C7H8N2O3S2/c10-7(13)8-9-14(11,12)6-4-2-1-3-5-6/h1-5,9H,(H2,8,10,13). The molecular formula is C7H8N2O3S2. The summed E-state index contributed by atoms with van der Waals surface area (Å²) >= 11 is 3.35. The first-order valence-corrected chi connectivity index (χ1v) is 5.51. The maximum Gasteiger partial charge on any atom is 0.290 e. The minimum absolute atomic E-state index is 0.0714. The fourth-order valence-electron chi connectivity index (χ4n) is 0.769. The second-order valence-electron chi connectivity index (χ2n) is 2.35. The smallest absolute Gasteiger partial charge is 0.269 e. The van der Waals surface area contributed by atoms with Crippen molar-refractivity contribution in [2.24, 2.45) is 0 Å². The van der Waals surface area contributed by atoms with E-state index in [-0.39, 0.29) is 4.90 Å². The van der Waals surface area contributed by atoms with Gasteiger partial charge in [0.25, 0.3) is 15.3 Å². The summed E-state index contributed by atoms with van der Waals surface area (Å²) in [5.74, 6) is 0. The molecule has 0 aliphatic carbocycles. The summed E-state index contributed by atoms with van der Waals surface area (Å²) in [6.07, 6.45) is 0. The van der Waals surface area contributed by atoms with Crippen molar-refractivity contribution in [3.63, 3.8) is 0 Å². The van der Waals surface area contributed by atoms with Crippen molar-refractivity contribution in [1.29, 1.82) is 0 Å². The number of carbonyl (C=O) groups excluding carboxylic acids is 1. The summed E-state index contributed by atoms with van der Waals surface area (Å²) in [6.45, 7) is 0. The Bertz CT molecular complexity index is 416. The molecule has 1 aromatic carbocycles. The highest BCUT2D eigenvalue weighted by Gasteiger charge is 2.12. The van der Waals surface area contributed by atoms with Crippen LogP contribution in [0, 0.1) is 0 Å². The molecule has 0 unspecified atom stereocenters. The number of nitrogens with one attached hydrogen (secondary N) is 2. The number of sulfonamides is 1. The van der Waals surface area contributed by atoms with E-state index in [1.54, 1.807) is 18.2 Å². The molecule has 0 bridgehead atoms. The van der Waals surface area contributed by atoms with Crippen LogP contribution in [0.4, 0.5) is 4.79 Å². The number of rotatable bonds is 3. The van der Waals surface area contributed by atoms with Gasteiger partial charge in [0.15, 0.2) is 0 Å². The quantitative estimate of drug-likeness (QED) is 0.525. The highest BCUT2D eigenvalue weighted by atomic mass is 32.2. The number of hydrogen-bond acceptors (Lipinski definition) is 3. The van der Waals surface area contributed by atoms with E-state index >= 15 is 0 Å². The number of hydrogen-bond donors (Lipinski definition) is 3. The van der Waals surface area contributed by atoms with Crippen LogP contribution in [-0.4, -0.2) is 13.7 Å². The van der Waals surface area contributed by atoms with Gasteiger partial charge in [-0.2, -0.15) is 0 Å². The predicted molar refractivity (Wildman–Crippen MR) is 54.3 cm³/mol. The molecule has 0 aliphatic rings. The molecule has 2 N–H and O–H groups in total. The molecule has 0 aliphatic heterocycles. The third-order valence-electron chi connectivity index (χ3n) is 1.35. The molecule has 1 rings (SSSR count). The van der Waals surface area contributed by atoms with Crippen LogP contribution in [0.15, 0.2) is 35.2 Å². The van der Waals surface area contributed by atoms with E-state index < -0.39 is 15.3 Å². The van der Waals surface area contributed by atoms with E-state index in [1.807, 2.05) is 10.3 Å². The van der Waals surface area contributed by atoms with Crippen molar-refractivity contribution < 1.29 is 13.2 Å². The van der Waals surface area contributed by atoms with Crippen molar-refractivity contribution in [2.75, 3.05) is 0 Å². The van der Waals surface area contributed by atoms with Gasteiger partial charge in [-0.1, -0.05) is 30.8 Å². The molecule has 7 heteroatoms. The Morgan fingerprint density at radius 2 is 1.79 bits per heavy atom. The van der Waals surface area contributed by atoms with Crippen molar-refractivity contribution in [2.45, 2.75) is 4.90 Å². The van der Waals surface area contributed by atoms with Crippen LogP contribution < -0.4 is 10.3 Å². The van der Waals surface area contributed by atoms with Crippen LogP contribution in [0.3, 0.4) is 0 Å². The van der Waals surface area contributed by atoms with Crippen molar-refractivity contribution in [3.05, 3.63) is 30.3 Å². The largest absolute Gasteiger partial charge is 0.290 e. The van der Waals surface area contributed by atoms with Crippen molar-refractivity contribution in [3.8, 4) is 0 Å². The first-order valence-electron chi connectivity index (χ1n) is 3.58. The Labute approximate surface area is 86.9 Å². The third-order valence-corrected chi connectivity index (χ3v) is 2.72. The maximum absolute atomic E-state index is 11.4. The molecule has 1 amide bonds. The summed E-state index contributed by atoms with van der Waals surface area (Å²) in [7, 11) is -3.69. The van der Waals surface area contributed by atoms with Gasteiger partial charge in [0.2, 0.25) is 0 Å². The zero-order valence-electron chi connectivity index (χ0n) is 6.97. The zero-order chi connectivity index (χ0) is 10.6. The fourth-order valence-corrected chi connectivity index (χ4v) is 1.76. The molecule has 0 saturated heterocycles. The van der Waals surface area contributed by atoms with Crippen LogP contribution >= 0.6 is 12.6 Å². The molecule has 0 heterocycles. The second-order valence-corrected chi connectivity index (χ2v) is 4.44. The van der Waals surface area contributed by atoms with Crippen LogP contribution in [-0.2, 0) is 10.0 Å². The fraction of sp³-hybridized carbons (Fsp3) is 0. The molecule has 0 aromatic heterocycles. The Kier molecular flexibility index (Phi) is 3.50. The Morgan fingerprint density at radius 1 is 1.21 bits per heavy atom. The summed E-state index contributed by atoms with van der Waals surface area (Å²) in [5.41, 5.74) is 1.87. The monoisotopic (exact) mass is 232 g/mol. The maximum atomic E-state index is 11.4. The summed E-state index contributed by atoms with van der Waals surface area (Å²) < 4.78 is 22.8. The third kappa shape index (κ3) is 3.02. The first kappa shape index (κ1) is 11.0. The van der Waals surface area contributed by atoms with Crippen LogP contribution in [0.2, 0.25) is 0 Å². The number of thiol groups is 1. The molecule has 0 radical (unpaired) electrons. The Balaban J connectivity index is 2.82. The van der Waals surface area contributed by atoms with Crippen LogP contribution in [0.25, 0.3) is 0 Å². The van der Waals surface area contributed by atoms with Gasteiger partial charge < -0.3 is 0 Å². The van der Waals surface area contributed by atoms with Gasteiger partial charge in [-0.3, -0.25) is 10.2 Å². The molecule has 1 aromatic rings. The minimum Gasteiger partial charge on any atom is -0.269 e. The second kappa shape index (κ2) is 4.45.